The van der Waals surface area contributed by atoms with E-state index in [4.69, 9.17) is 0 Å². The maximum Gasteiger partial charge on any atom is 0.131 e. The van der Waals surface area contributed by atoms with Gasteiger partial charge in [-0.2, -0.15) is 0 Å². The third-order valence-corrected chi connectivity index (χ3v) is 16.4. The summed E-state index contributed by atoms with van der Waals surface area (Å²) in [5.41, 5.74) is 8.95. The second kappa shape index (κ2) is 14.7. The van der Waals surface area contributed by atoms with Gasteiger partial charge in [-0.1, -0.05) is 163 Å². The highest BCUT2D eigenvalue weighted by molar-refractivity contribution is 7.27. The maximum absolute atomic E-state index is 17.5. The van der Waals surface area contributed by atoms with E-state index in [0.717, 1.165) is 71.9 Å². The number of hydrogen-bond acceptors (Lipinski definition) is 2. The molecule has 9 aromatic carbocycles. The molecular weight excluding hydrogens is 875 g/mol. The summed E-state index contributed by atoms with van der Waals surface area (Å²) >= 11 is 3.63. The number of halogens is 2. The van der Waals surface area contributed by atoms with Crippen molar-refractivity contribution < 1.29 is 8.78 Å². The van der Waals surface area contributed by atoms with Crippen molar-refractivity contribution in [2.75, 3.05) is 0 Å². The third-order valence-electron chi connectivity index (χ3n) is 14.0. The van der Waals surface area contributed by atoms with Crippen LogP contribution >= 0.6 is 22.7 Å². The van der Waals surface area contributed by atoms with Gasteiger partial charge in [-0.25, -0.2) is 8.78 Å². The number of aromatic nitrogens is 2. The molecule has 0 unspecified atom stereocenters. The summed E-state index contributed by atoms with van der Waals surface area (Å²) in [6.45, 7) is 13.5. The van der Waals surface area contributed by atoms with E-state index >= 15 is 8.78 Å². The van der Waals surface area contributed by atoms with Crippen LogP contribution < -0.4 is 0 Å². The van der Waals surface area contributed by atoms with E-state index in [0.29, 0.717) is 11.1 Å². The molecule has 0 atom stereocenters. The number of para-hydroxylation sites is 2. The highest BCUT2D eigenvalue weighted by Gasteiger charge is 2.39. The second-order valence-electron chi connectivity index (χ2n) is 20.2. The van der Waals surface area contributed by atoms with Crippen LogP contribution in [0.15, 0.2) is 170 Å². The molecule has 0 aliphatic rings. The number of hydrogen-bond donors (Lipinski definition) is 0. The van der Waals surface area contributed by atoms with E-state index in [2.05, 4.69) is 172 Å². The van der Waals surface area contributed by atoms with Crippen molar-refractivity contribution in [1.82, 2.24) is 9.13 Å². The molecule has 0 N–H and O–H groups in total. The Kier molecular flexibility index (Phi) is 8.88. The van der Waals surface area contributed by atoms with Gasteiger partial charge in [0.1, 0.15) is 11.6 Å². The number of rotatable bonds is 4. The van der Waals surface area contributed by atoms with E-state index in [1.807, 2.05) is 35.6 Å². The molecule has 0 aliphatic carbocycles. The van der Waals surface area contributed by atoms with Crippen LogP contribution in [-0.4, -0.2) is 9.13 Å². The molecular formula is C62H46F2N2S2. The summed E-state index contributed by atoms with van der Waals surface area (Å²) in [6.07, 6.45) is 0. The minimum atomic E-state index is -0.591. The van der Waals surface area contributed by atoms with Gasteiger partial charge in [-0.05, 0) is 70.5 Å². The first-order valence-electron chi connectivity index (χ1n) is 23.3. The van der Waals surface area contributed by atoms with Crippen molar-refractivity contribution in [3.05, 3.63) is 193 Å². The summed E-state index contributed by atoms with van der Waals surface area (Å²) in [7, 11) is 0. The highest BCUT2D eigenvalue weighted by Crippen LogP contribution is 2.56. The van der Waals surface area contributed by atoms with E-state index in [1.54, 1.807) is 35.6 Å². The largest absolute Gasteiger partial charge is 0.309 e. The Hall–Kier alpha value is -7.12. The molecule has 2 nitrogen and oxygen atoms in total. The Morgan fingerprint density at radius 3 is 1.15 bits per heavy atom. The van der Waals surface area contributed by atoms with Gasteiger partial charge in [0.15, 0.2) is 0 Å². The fourth-order valence-corrected chi connectivity index (χ4v) is 14.0. The quantitative estimate of drug-likeness (QED) is 0.166. The molecule has 4 heterocycles. The van der Waals surface area contributed by atoms with Gasteiger partial charge in [-0.15, -0.1) is 22.7 Å². The van der Waals surface area contributed by atoms with E-state index in [-0.39, 0.29) is 11.6 Å². The summed E-state index contributed by atoms with van der Waals surface area (Å²) in [5.74, 6) is -0.676. The molecule has 0 fully saturated rings. The van der Waals surface area contributed by atoms with Crippen molar-refractivity contribution in [3.63, 3.8) is 0 Å². The molecule has 0 spiro atoms. The van der Waals surface area contributed by atoms with Crippen LogP contribution in [0.25, 0.3) is 118 Å². The smallest absolute Gasteiger partial charge is 0.131 e. The SMILES string of the molecule is CC(C)(C)c1c(-c2ccccc2F)c(-n2c3ccccc3c3c4sc5ccccc5c4ccc32)c(-c2ccccc2F)c(C(C)(C)C)c1-n1c2ccccc2c2c3sc4ccccc4c3ccc21. The Balaban J connectivity index is 1.34. The first-order chi connectivity index (χ1) is 32.9. The predicted molar refractivity (Wildman–Crippen MR) is 289 cm³/mol. The van der Waals surface area contributed by atoms with Crippen LogP contribution in [0.2, 0.25) is 0 Å². The fraction of sp³-hybridized carbons (Fsp3) is 0.129. The first kappa shape index (κ1) is 41.1. The molecule has 4 aromatic heterocycles. The molecule has 13 rings (SSSR count). The molecule has 0 saturated heterocycles. The Morgan fingerprint density at radius 2 is 0.721 bits per heavy atom. The average molecular weight is 921 g/mol. The van der Waals surface area contributed by atoms with Crippen LogP contribution in [0.5, 0.6) is 0 Å². The zero-order valence-electron chi connectivity index (χ0n) is 38.6. The zero-order chi connectivity index (χ0) is 46.4. The topological polar surface area (TPSA) is 9.86 Å². The third kappa shape index (κ3) is 5.77. The Bertz CT molecular complexity index is 4170. The number of nitrogens with zero attached hydrogens (tertiary/aromatic N) is 2. The lowest BCUT2D eigenvalue weighted by Gasteiger charge is -2.38. The lowest BCUT2D eigenvalue weighted by molar-refractivity contribution is 0.564. The van der Waals surface area contributed by atoms with Gasteiger partial charge < -0.3 is 9.13 Å². The molecule has 0 bridgehead atoms. The number of fused-ring (bicyclic) bond motifs is 14. The van der Waals surface area contributed by atoms with E-state index in [1.165, 1.54) is 45.7 Å². The van der Waals surface area contributed by atoms with Gasteiger partial charge >= 0.3 is 0 Å². The molecule has 330 valence electrons. The predicted octanol–water partition coefficient (Wildman–Crippen LogP) is 18.8. The normalized spacial score (nSPS) is 12.7. The molecule has 68 heavy (non-hydrogen) atoms. The summed E-state index contributed by atoms with van der Waals surface area (Å²) in [5, 5.41) is 9.42. The molecule has 0 amide bonds. The standard InChI is InChI=1S/C62H46F2N2S2/c1-61(2,3)55-53(39-21-7-13-25-43(39)63)57(65-45-27-15-9-23-41(45)51-47(65)33-31-37-35-19-11-17-29-49(35)67-59(37)51)54(40-22-8-14-26-44(40)64)56(62(4,5)6)58(55)66-46-28-16-10-24-42(46)52-48(66)34-32-38-36-20-12-18-30-50(36)68-60(38)52/h7-34H,1-6H3. The van der Waals surface area contributed by atoms with Crippen molar-refractivity contribution in [2.45, 2.75) is 52.4 Å². The van der Waals surface area contributed by atoms with Gasteiger partial charge in [-0.3, -0.25) is 0 Å². The summed E-state index contributed by atoms with van der Waals surface area (Å²) < 4.78 is 44.7. The zero-order valence-corrected chi connectivity index (χ0v) is 40.3. The maximum atomic E-state index is 17.5. The van der Waals surface area contributed by atoms with Gasteiger partial charge in [0.05, 0.1) is 33.4 Å². The van der Waals surface area contributed by atoms with Crippen molar-refractivity contribution in [2.24, 2.45) is 0 Å². The molecule has 6 heteroatoms. The minimum Gasteiger partial charge on any atom is -0.309 e. The van der Waals surface area contributed by atoms with Crippen molar-refractivity contribution >= 4 is 107 Å². The molecule has 13 aromatic rings. The van der Waals surface area contributed by atoms with E-state index in [9.17, 15) is 0 Å². The van der Waals surface area contributed by atoms with Crippen LogP contribution in [-0.2, 0) is 10.8 Å². The van der Waals surface area contributed by atoms with Crippen LogP contribution in [0.3, 0.4) is 0 Å². The first-order valence-corrected chi connectivity index (χ1v) is 25.0. The van der Waals surface area contributed by atoms with Gasteiger partial charge in [0.25, 0.3) is 0 Å². The van der Waals surface area contributed by atoms with Crippen molar-refractivity contribution in [3.8, 4) is 33.6 Å². The monoisotopic (exact) mass is 920 g/mol. The van der Waals surface area contributed by atoms with Crippen LogP contribution in [0.4, 0.5) is 8.78 Å². The lowest BCUT2D eigenvalue weighted by Crippen LogP contribution is -2.26. The molecule has 0 aliphatic heterocycles. The van der Waals surface area contributed by atoms with Gasteiger partial charge in [0.2, 0.25) is 0 Å². The van der Waals surface area contributed by atoms with Crippen molar-refractivity contribution in [1.29, 1.82) is 0 Å². The second-order valence-corrected chi connectivity index (χ2v) is 22.3. The summed E-state index contributed by atoms with van der Waals surface area (Å²) in [4.78, 5) is 0. The van der Waals surface area contributed by atoms with Gasteiger partial charge in [0, 0.05) is 84.1 Å². The van der Waals surface area contributed by atoms with E-state index < -0.39 is 10.8 Å². The summed E-state index contributed by atoms with van der Waals surface area (Å²) in [6, 6.07) is 57.9. The van der Waals surface area contributed by atoms with Crippen LogP contribution in [0, 0.1) is 11.6 Å². The molecule has 0 saturated carbocycles. The minimum absolute atomic E-state index is 0.338. The Labute approximate surface area is 400 Å². The lowest BCUT2D eigenvalue weighted by atomic mass is 9.71. The highest BCUT2D eigenvalue weighted by atomic mass is 32.1. The molecule has 0 radical (unpaired) electrons. The average Bonchev–Trinajstić information content (AvgIpc) is 4.08. The Morgan fingerprint density at radius 1 is 0.353 bits per heavy atom. The van der Waals surface area contributed by atoms with Crippen LogP contribution in [0.1, 0.15) is 52.7 Å². The fourth-order valence-electron chi connectivity index (χ4n) is 11.4. The number of benzene rings is 9. The number of thiophene rings is 2.